The van der Waals surface area contributed by atoms with Crippen LogP contribution >= 0.6 is 11.6 Å². The van der Waals surface area contributed by atoms with Gasteiger partial charge in [-0.15, -0.1) is 0 Å². The van der Waals surface area contributed by atoms with E-state index in [1.54, 1.807) is 0 Å². The summed E-state index contributed by atoms with van der Waals surface area (Å²) in [5, 5.41) is 0.591. The summed E-state index contributed by atoms with van der Waals surface area (Å²) in [5.74, 6) is 0.451. The Bertz CT molecular complexity index is 235. The molecule has 2 heteroatoms. The number of aromatic nitrogens is 1. The zero-order valence-electron chi connectivity index (χ0n) is 7.06. The quantitative estimate of drug-likeness (QED) is 0.589. The molecule has 1 heterocycles. The minimum absolute atomic E-state index is 0.451. The first kappa shape index (κ1) is 8.54. The zero-order valence-corrected chi connectivity index (χ0v) is 7.81. The zero-order chi connectivity index (χ0) is 8.43. The molecule has 1 rings (SSSR count). The summed E-state index contributed by atoms with van der Waals surface area (Å²) in [7, 11) is 0. The van der Waals surface area contributed by atoms with E-state index < -0.39 is 0 Å². The van der Waals surface area contributed by atoms with Crippen LogP contribution in [0.4, 0.5) is 0 Å². The first-order valence-corrected chi connectivity index (χ1v) is 4.11. The minimum atomic E-state index is 0.451. The lowest BCUT2D eigenvalue weighted by atomic mass is 10.1. The average Bonchev–Trinajstić information content (AvgIpc) is 1.85. The van der Waals surface area contributed by atoms with Gasteiger partial charge < -0.3 is 0 Å². The van der Waals surface area contributed by atoms with Crippen LogP contribution in [0.25, 0.3) is 0 Å². The fourth-order valence-electron chi connectivity index (χ4n) is 0.946. The molecule has 0 saturated carbocycles. The molecule has 1 aromatic heterocycles. The molecule has 60 valence electrons. The third-order valence-electron chi connectivity index (χ3n) is 1.55. The van der Waals surface area contributed by atoms with Crippen molar-refractivity contribution < 1.29 is 0 Å². The van der Waals surface area contributed by atoms with Gasteiger partial charge in [-0.1, -0.05) is 25.4 Å². The van der Waals surface area contributed by atoms with Gasteiger partial charge in [-0.25, -0.2) is 4.98 Å². The molecule has 0 saturated heterocycles. The number of aryl methyl sites for hydroxylation is 1. The molecule has 0 spiro atoms. The van der Waals surface area contributed by atoms with E-state index in [-0.39, 0.29) is 0 Å². The molecule has 1 aromatic rings. The number of pyridine rings is 1. The van der Waals surface area contributed by atoms with Gasteiger partial charge in [0.05, 0.1) is 0 Å². The fourth-order valence-corrected chi connectivity index (χ4v) is 1.22. The van der Waals surface area contributed by atoms with Crippen molar-refractivity contribution in [2.24, 2.45) is 0 Å². The van der Waals surface area contributed by atoms with Crippen molar-refractivity contribution in [2.45, 2.75) is 26.7 Å². The average molecular weight is 170 g/mol. The van der Waals surface area contributed by atoms with E-state index in [9.17, 15) is 0 Å². The molecule has 0 aliphatic heterocycles. The lowest BCUT2D eigenvalue weighted by molar-refractivity contribution is 0.821. The van der Waals surface area contributed by atoms with Crippen LogP contribution in [-0.4, -0.2) is 4.98 Å². The van der Waals surface area contributed by atoms with Gasteiger partial charge >= 0.3 is 0 Å². The first-order chi connectivity index (χ1) is 5.09. The van der Waals surface area contributed by atoms with E-state index >= 15 is 0 Å². The van der Waals surface area contributed by atoms with Crippen LogP contribution < -0.4 is 0 Å². The van der Waals surface area contributed by atoms with Gasteiger partial charge in [0.1, 0.15) is 5.15 Å². The Kier molecular flexibility index (Phi) is 2.50. The van der Waals surface area contributed by atoms with Crippen molar-refractivity contribution in [1.82, 2.24) is 4.98 Å². The van der Waals surface area contributed by atoms with Crippen LogP contribution in [0, 0.1) is 6.92 Å². The summed E-state index contributed by atoms with van der Waals surface area (Å²) < 4.78 is 0. The summed E-state index contributed by atoms with van der Waals surface area (Å²) in [6.45, 7) is 6.25. The maximum absolute atomic E-state index is 5.78. The Morgan fingerprint density at radius 3 is 2.45 bits per heavy atom. The summed E-state index contributed by atoms with van der Waals surface area (Å²) in [5.41, 5.74) is 2.24. The lowest BCUT2D eigenvalue weighted by Crippen LogP contribution is -1.93. The molecular formula is C9H12ClN. The number of hydrogen-bond acceptors (Lipinski definition) is 1. The number of halogens is 1. The second-order valence-electron chi connectivity index (χ2n) is 3.05. The molecule has 0 aromatic carbocycles. The molecule has 0 fully saturated rings. The van der Waals surface area contributed by atoms with Crippen molar-refractivity contribution >= 4 is 11.6 Å². The molecule has 0 aliphatic carbocycles. The number of hydrogen-bond donors (Lipinski definition) is 0. The van der Waals surface area contributed by atoms with Gasteiger partial charge in [-0.05, 0) is 30.5 Å². The predicted molar refractivity (Wildman–Crippen MR) is 48.1 cm³/mol. The largest absolute Gasteiger partial charge is 0.241 e. The van der Waals surface area contributed by atoms with E-state index in [0.717, 1.165) is 5.69 Å². The topological polar surface area (TPSA) is 12.9 Å². The minimum Gasteiger partial charge on any atom is -0.241 e. The standard InChI is InChI=1S/C9H12ClN/c1-6(2)8-4-7(3)5-9(10)11-8/h4-6H,1-3H3. The smallest absolute Gasteiger partial charge is 0.129 e. The Morgan fingerprint density at radius 1 is 1.36 bits per heavy atom. The van der Waals surface area contributed by atoms with Crippen molar-refractivity contribution in [1.29, 1.82) is 0 Å². The van der Waals surface area contributed by atoms with Gasteiger partial charge in [0.25, 0.3) is 0 Å². The molecule has 1 nitrogen and oxygen atoms in total. The van der Waals surface area contributed by atoms with Gasteiger partial charge in [0.2, 0.25) is 0 Å². The predicted octanol–water partition coefficient (Wildman–Crippen LogP) is 3.17. The fraction of sp³-hybridized carbons (Fsp3) is 0.444. The molecule has 11 heavy (non-hydrogen) atoms. The van der Waals surface area contributed by atoms with Gasteiger partial charge in [-0.2, -0.15) is 0 Å². The van der Waals surface area contributed by atoms with E-state index in [1.807, 2.05) is 13.0 Å². The van der Waals surface area contributed by atoms with E-state index in [4.69, 9.17) is 11.6 Å². The van der Waals surface area contributed by atoms with Crippen LogP contribution in [0.3, 0.4) is 0 Å². The molecule has 0 aliphatic rings. The summed E-state index contributed by atoms with van der Waals surface area (Å²) >= 11 is 5.78. The molecule has 0 amide bonds. The van der Waals surface area contributed by atoms with Crippen LogP contribution in [0.1, 0.15) is 31.0 Å². The highest BCUT2D eigenvalue weighted by Crippen LogP contribution is 2.16. The monoisotopic (exact) mass is 169 g/mol. The Hall–Kier alpha value is -0.560. The number of rotatable bonds is 1. The molecule has 0 bridgehead atoms. The summed E-state index contributed by atoms with van der Waals surface area (Å²) in [6, 6.07) is 3.93. The van der Waals surface area contributed by atoms with Crippen LogP contribution in [0.2, 0.25) is 5.15 Å². The van der Waals surface area contributed by atoms with Crippen molar-refractivity contribution in [2.75, 3.05) is 0 Å². The van der Waals surface area contributed by atoms with Crippen molar-refractivity contribution in [3.63, 3.8) is 0 Å². The molecular weight excluding hydrogens is 158 g/mol. The second-order valence-corrected chi connectivity index (χ2v) is 3.43. The van der Waals surface area contributed by atoms with Crippen LogP contribution in [0.5, 0.6) is 0 Å². The highest BCUT2D eigenvalue weighted by atomic mass is 35.5. The maximum atomic E-state index is 5.78. The van der Waals surface area contributed by atoms with Gasteiger partial charge in [0.15, 0.2) is 0 Å². The van der Waals surface area contributed by atoms with Gasteiger partial charge in [0, 0.05) is 5.69 Å². The Balaban J connectivity index is 3.08. The first-order valence-electron chi connectivity index (χ1n) is 3.73. The van der Waals surface area contributed by atoms with Crippen LogP contribution in [-0.2, 0) is 0 Å². The highest BCUT2D eigenvalue weighted by Gasteiger charge is 2.01. The maximum Gasteiger partial charge on any atom is 0.129 e. The molecule has 0 atom stereocenters. The van der Waals surface area contributed by atoms with E-state index in [0.29, 0.717) is 11.1 Å². The molecule has 0 unspecified atom stereocenters. The molecule has 0 radical (unpaired) electrons. The number of nitrogens with zero attached hydrogens (tertiary/aromatic N) is 1. The second kappa shape index (κ2) is 3.22. The van der Waals surface area contributed by atoms with Gasteiger partial charge in [-0.3, -0.25) is 0 Å². The van der Waals surface area contributed by atoms with E-state index in [1.165, 1.54) is 5.56 Å². The molecule has 0 N–H and O–H groups in total. The van der Waals surface area contributed by atoms with Crippen molar-refractivity contribution in [3.05, 3.63) is 28.5 Å². The van der Waals surface area contributed by atoms with E-state index in [2.05, 4.69) is 24.9 Å². The summed E-state index contributed by atoms with van der Waals surface area (Å²) in [6.07, 6.45) is 0. The third kappa shape index (κ3) is 2.19. The highest BCUT2D eigenvalue weighted by molar-refractivity contribution is 6.29. The SMILES string of the molecule is Cc1cc(Cl)nc(C(C)C)c1. The summed E-state index contributed by atoms with van der Waals surface area (Å²) in [4.78, 5) is 4.20. The third-order valence-corrected chi connectivity index (χ3v) is 1.74. The Morgan fingerprint density at radius 2 is 2.00 bits per heavy atom. The lowest BCUT2D eigenvalue weighted by Gasteiger charge is -2.05. The van der Waals surface area contributed by atoms with Crippen LogP contribution in [0.15, 0.2) is 12.1 Å². The van der Waals surface area contributed by atoms with Crippen molar-refractivity contribution in [3.8, 4) is 0 Å². The Labute approximate surface area is 72.4 Å². The normalized spacial score (nSPS) is 10.6.